The number of rotatable bonds is 13. The number of aliphatic hydroxyl groups is 2. The Morgan fingerprint density at radius 2 is 1.56 bits per heavy atom. The summed E-state index contributed by atoms with van der Waals surface area (Å²) in [6.07, 6.45) is -0.499. The number of fused-ring (bicyclic) bond motifs is 1. The minimum absolute atomic E-state index is 0.0318. The number of nitrogens with one attached hydrogen (secondary N) is 3. The first-order valence-electron chi connectivity index (χ1n) is 16.0. The molecular formula is C35H37N9O4. The molecule has 0 bridgehead atoms. The van der Waals surface area contributed by atoms with E-state index in [0.717, 1.165) is 22.6 Å². The molecule has 1 aliphatic heterocycles. The molecule has 2 aromatic carbocycles. The highest BCUT2D eigenvalue weighted by Gasteiger charge is 2.47. The third-order valence-corrected chi connectivity index (χ3v) is 8.41. The van der Waals surface area contributed by atoms with Crippen molar-refractivity contribution in [2.45, 2.75) is 43.8 Å². The maximum absolute atomic E-state index is 11.2. The highest BCUT2D eigenvalue weighted by Crippen LogP contribution is 2.40. The van der Waals surface area contributed by atoms with E-state index in [1.165, 1.54) is 0 Å². The second-order valence-corrected chi connectivity index (χ2v) is 11.5. The number of aryl methyl sites for hydroxylation is 1. The molecule has 5 N–H and O–H groups in total. The second-order valence-electron chi connectivity index (χ2n) is 11.5. The smallest absolute Gasteiger partial charge is 0.226 e. The van der Waals surface area contributed by atoms with Gasteiger partial charge in [-0.3, -0.25) is 4.57 Å². The number of benzene rings is 2. The lowest BCUT2D eigenvalue weighted by atomic mass is 9.91. The molecule has 13 heteroatoms. The number of nitrogens with zero attached hydrogens (tertiary/aromatic N) is 6. The van der Waals surface area contributed by atoms with Crippen molar-refractivity contribution in [3.63, 3.8) is 0 Å². The fraction of sp³-hybridized carbons (Fsp3) is 0.286. The predicted molar refractivity (Wildman–Crippen MR) is 181 cm³/mol. The molecular weight excluding hydrogens is 610 g/mol. The first kappa shape index (κ1) is 31.2. The van der Waals surface area contributed by atoms with Crippen LogP contribution in [0.4, 0.5) is 17.6 Å². The first-order valence-corrected chi connectivity index (χ1v) is 16.0. The van der Waals surface area contributed by atoms with Crippen molar-refractivity contribution in [3.8, 4) is 0 Å². The van der Waals surface area contributed by atoms with Gasteiger partial charge in [-0.1, -0.05) is 78.8 Å². The summed E-state index contributed by atoms with van der Waals surface area (Å²) in [6.45, 7) is 3.55. The summed E-state index contributed by atoms with van der Waals surface area (Å²) in [5.74, 6) is 2.02. The molecule has 5 heterocycles. The molecule has 4 aromatic heterocycles. The molecule has 0 saturated carbocycles. The average Bonchev–Trinajstić information content (AvgIpc) is 3.86. The number of hydrogen-bond donors (Lipinski definition) is 5. The van der Waals surface area contributed by atoms with Crippen LogP contribution in [-0.2, 0) is 11.2 Å². The Morgan fingerprint density at radius 3 is 2.25 bits per heavy atom. The Kier molecular flexibility index (Phi) is 9.23. The van der Waals surface area contributed by atoms with E-state index >= 15 is 0 Å². The zero-order chi connectivity index (χ0) is 32.9. The molecule has 6 aromatic rings. The average molecular weight is 648 g/mol. The summed E-state index contributed by atoms with van der Waals surface area (Å²) in [6, 6.07) is 28.0. The zero-order valence-corrected chi connectivity index (χ0v) is 26.3. The van der Waals surface area contributed by atoms with Gasteiger partial charge in [-0.15, -0.1) is 0 Å². The van der Waals surface area contributed by atoms with Gasteiger partial charge in [-0.25, -0.2) is 9.97 Å². The predicted octanol–water partition coefficient (Wildman–Crippen LogP) is 4.53. The summed E-state index contributed by atoms with van der Waals surface area (Å²) in [5, 5.41) is 36.3. The van der Waals surface area contributed by atoms with Gasteiger partial charge in [0.2, 0.25) is 5.95 Å². The molecule has 0 amide bonds. The van der Waals surface area contributed by atoms with Crippen LogP contribution in [0.2, 0.25) is 0 Å². The Morgan fingerprint density at radius 1 is 0.833 bits per heavy atom. The number of ether oxygens (including phenoxy) is 1. The van der Waals surface area contributed by atoms with E-state index in [2.05, 4.69) is 55.3 Å². The zero-order valence-electron chi connectivity index (χ0n) is 26.3. The first-order chi connectivity index (χ1) is 23.6. The number of imidazole rings is 1. The van der Waals surface area contributed by atoms with E-state index in [1.54, 1.807) is 23.2 Å². The third kappa shape index (κ3) is 6.56. The van der Waals surface area contributed by atoms with Crippen molar-refractivity contribution in [3.05, 3.63) is 120 Å². The summed E-state index contributed by atoms with van der Waals surface area (Å²) in [5.41, 5.74) is 3.97. The van der Waals surface area contributed by atoms with Crippen molar-refractivity contribution in [1.82, 2.24) is 29.7 Å². The normalized spacial score (nSPS) is 19.2. The van der Waals surface area contributed by atoms with Crippen molar-refractivity contribution < 1.29 is 19.5 Å². The Labute approximate surface area is 277 Å². The highest BCUT2D eigenvalue weighted by atomic mass is 16.6. The van der Waals surface area contributed by atoms with Crippen LogP contribution >= 0.6 is 0 Å². The maximum Gasteiger partial charge on any atom is 0.226 e. The number of aliphatic hydroxyl groups excluding tert-OH is 2. The van der Waals surface area contributed by atoms with E-state index in [1.807, 2.05) is 61.5 Å². The standard InChI is InChI=1S/C35H37N9O4/c1-2-24-19-26(48-43-24)31-29(45)30(46)34(47-31)44-21-40-28-32(39-20-25(22-11-5-3-6-12-22)23-13-7-4-8-14-23)41-35(42-33(28)44)38-18-17-37-27-15-9-10-16-36-27/h3-16,19,21,25,29-31,34,45-46H,2,17-18,20H2,1H3,(H,36,37)(H2,38,39,41,42)/t29-,30+,31+,34+/m0/s1. The molecule has 48 heavy (non-hydrogen) atoms. The molecule has 13 nitrogen and oxygen atoms in total. The molecule has 0 spiro atoms. The van der Waals surface area contributed by atoms with Gasteiger partial charge in [-0.05, 0) is 29.7 Å². The lowest BCUT2D eigenvalue weighted by Gasteiger charge is -2.20. The quantitative estimate of drug-likeness (QED) is 0.111. The summed E-state index contributed by atoms with van der Waals surface area (Å²) >= 11 is 0. The van der Waals surface area contributed by atoms with Crippen LogP contribution < -0.4 is 16.0 Å². The van der Waals surface area contributed by atoms with Crippen LogP contribution in [-0.4, -0.2) is 71.7 Å². The number of aromatic nitrogens is 6. The minimum Gasteiger partial charge on any atom is -0.387 e. The van der Waals surface area contributed by atoms with Crippen LogP contribution in [0.3, 0.4) is 0 Å². The highest BCUT2D eigenvalue weighted by molar-refractivity contribution is 5.84. The minimum atomic E-state index is -1.28. The fourth-order valence-electron chi connectivity index (χ4n) is 5.89. The number of hydrogen-bond acceptors (Lipinski definition) is 12. The van der Waals surface area contributed by atoms with Gasteiger partial charge in [0.15, 0.2) is 29.0 Å². The molecule has 0 radical (unpaired) electrons. The van der Waals surface area contributed by atoms with Gasteiger partial charge in [-0.2, -0.15) is 9.97 Å². The summed E-state index contributed by atoms with van der Waals surface area (Å²) in [7, 11) is 0. The number of pyridine rings is 1. The monoisotopic (exact) mass is 647 g/mol. The van der Waals surface area contributed by atoms with E-state index in [0.29, 0.717) is 54.7 Å². The van der Waals surface area contributed by atoms with Crippen molar-refractivity contribution >= 4 is 28.7 Å². The van der Waals surface area contributed by atoms with E-state index < -0.39 is 24.5 Å². The maximum atomic E-state index is 11.2. The van der Waals surface area contributed by atoms with Gasteiger partial charge in [0.25, 0.3) is 0 Å². The van der Waals surface area contributed by atoms with Crippen molar-refractivity contribution in [1.29, 1.82) is 0 Å². The molecule has 1 saturated heterocycles. The number of anilines is 3. The van der Waals surface area contributed by atoms with Crippen LogP contribution in [0.15, 0.2) is 102 Å². The van der Waals surface area contributed by atoms with Gasteiger partial charge >= 0.3 is 0 Å². The molecule has 4 atom stereocenters. The molecule has 7 rings (SSSR count). The Balaban J connectivity index is 1.19. The largest absolute Gasteiger partial charge is 0.387 e. The molecule has 246 valence electrons. The van der Waals surface area contributed by atoms with Crippen molar-refractivity contribution in [2.75, 3.05) is 35.6 Å². The molecule has 0 unspecified atom stereocenters. The summed E-state index contributed by atoms with van der Waals surface area (Å²) < 4.78 is 13.3. The van der Waals surface area contributed by atoms with Gasteiger partial charge < -0.3 is 35.4 Å². The van der Waals surface area contributed by atoms with Crippen LogP contribution in [0.25, 0.3) is 11.2 Å². The van der Waals surface area contributed by atoms with Crippen LogP contribution in [0, 0.1) is 0 Å². The van der Waals surface area contributed by atoms with E-state index in [-0.39, 0.29) is 5.92 Å². The van der Waals surface area contributed by atoms with Crippen molar-refractivity contribution in [2.24, 2.45) is 0 Å². The second kappa shape index (κ2) is 14.2. The van der Waals surface area contributed by atoms with Crippen LogP contribution in [0.5, 0.6) is 0 Å². The molecule has 1 aliphatic rings. The van der Waals surface area contributed by atoms with E-state index in [4.69, 9.17) is 19.2 Å². The lowest BCUT2D eigenvalue weighted by Crippen LogP contribution is -2.29. The van der Waals surface area contributed by atoms with Gasteiger partial charge in [0, 0.05) is 37.8 Å². The molecule has 0 aliphatic carbocycles. The third-order valence-electron chi connectivity index (χ3n) is 8.41. The molecule has 1 fully saturated rings. The Hall–Kier alpha value is -5.37. The van der Waals surface area contributed by atoms with Crippen LogP contribution in [0.1, 0.15) is 47.8 Å². The van der Waals surface area contributed by atoms with E-state index in [9.17, 15) is 10.2 Å². The topological polar surface area (TPSA) is 168 Å². The fourth-order valence-corrected chi connectivity index (χ4v) is 5.89. The van der Waals surface area contributed by atoms with Gasteiger partial charge in [0.1, 0.15) is 24.1 Å². The Bertz CT molecular complexity index is 1880. The lowest BCUT2D eigenvalue weighted by molar-refractivity contribution is -0.0434. The van der Waals surface area contributed by atoms with Gasteiger partial charge in [0.05, 0.1) is 12.0 Å². The summed E-state index contributed by atoms with van der Waals surface area (Å²) in [4.78, 5) is 18.6. The SMILES string of the molecule is CCc1cc([C@H]2O[C@@H](n3cnc4c(NCC(c5ccccc5)c5ccccc5)nc(NCCNc5ccccn5)nc43)[C@H](O)[C@@H]2O)on1.